The Bertz CT molecular complexity index is 1060. The van der Waals surface area contributed by atoms with Crippen molar-refractivity contribution in [2.75, 3.05) is 13.2 Å². The maximum Gasteiger partial charge on any atom is 0.306 e. The van der Waals surface area contributed by atoms with E-state index in [9.17, 15) is 14.4 Å². The Hall–Kier alpha value is -2.37. The monoisotopic (exact) mass is 885 g/mol. The van der Waals surface area contributed by atoms with Crippen LogP contribution in [0.4, 0.5) is 0 Å². The molecule has 0 bridgehead atoms. The van der Waals surface area contributed by atoms with Gasteiger partial charge in [0, 0.05) is 19.3 Å². The van der Waals surface area contributed by atoms with Gasteiger partial charge in [-0.15, -0.1) is 0 Å². The highest BCUT2D eigenvalue weighted by Gasteiger charge is 2.19. The van der Waals surface area contributed by atoms with Crippen molar-refractivity contribution in [2.24, 2.45) is 0 Å². The van der Waals surface area contributed by atoms with E-state index in [1.54, 1.807) is 0 Å². The molecule has 0 saturated carbocycles. The second-order valence-corrected chi connectivity index (χ2v) is 18.5. The molecule has 0 N–H and O–H groups in total. The van der Waals surface area contributed by atoms with E-state index in [2.05, 4.69) is 57.2 Å². The Labute approximate surface area is 391 Å². The zero-order chi connectivity index (χ0) is 45.8. The SMILES string of the molecule is CCCCCCC/C=C\C/C=C\CCCCCCCCCCCC(=O)OCC(COC(=O)CCCCCCCCCCC)OC(=O)CCCCCCC/C=C\CCCCCCCC. The molecular formula is C57H104O6. The smallest absolute Gasteiger partial charge is 0.306 e. The lowest BCUT2D eigenvalue weighted by atomic mass is 10.1. The van der Waals surface area contributed by atoms with Crippen LogP contribution in [0.15, 0.2) is 36.5 Å². The highest BCUT2D eigenvalue weighted by Crippen LogP contribution is 2.15. The van der Waals surface area contributed by atoms with Gasteiger partial charge in [-0.1, -0.05) is 231 Å². The van der Waals surface area contributed by atoms with Gasteiger partial charge in [-0.3, -0.25) is 14.4 Å². The summed E-state index contributed by atoms with van der Waals surface area (Å²) in [6.45, 7) is 6.62. The van der Waals surface area contributed by atoms with Crippen LogP contribution in [0.3, 0.4) is 0 Å². The Kier molecular flexibility index (Phi) is 50.3. The third-order valence-electron chi connectivity index (χ3n) is 12.1. The maximum absolute atomic E-state index is 12.8. The van der Waals surface area contributed by atoms with Crippen LogP contribution in [0, 0.1) is 0 Å². The first-order valence-electron chi connectivity index (χ1n) is 27.5. The first kappa shape index (κ1) is 60.6. The molecule has 1 unspecified atom stereocenters. The van der Waals surface area contributed by atoms with Gasteiger partial charge in [0.1, 0.15) is 13.2 Å². The van der Waals surface area contributed by atoms with Crippen molar-refractivity contribution < 1.29 is 28.6 Å². The lowest BCUT2D eigenvalue weighted by Gasteiger charge is -2.18. The average molecular weight is 885 g/mol. The van der Waals surface area contributed by atoms with Gasteiger partial charge in [0.15, 0.2) is 6.10 Å². The van der Waals surface area contributed by atoms with Gasteiger partial charge in [0.05, 0.1) is 0 Å². The van der Waals surface area contributed by atoms with Crippen molar-refractivity contribution in [2.45, 2.75) is 297 Å². The van der Waals surface area contributed by atoms with Gasteiger partial charge in [-0.2, -0.15) is 0 Å². The Morgan fingerprint density at radius 1 is 0.317 bits per heavy atom. The number of carbonyl (C=O) groups excluding carboxylic acids is 3. The van der Waals surface area contributed by atoms with E-state index in [0.717, 1.165) is 70.6 Å². The molecule has 63 heavy (non-hydrogen) atoms. The predicted molar refractivity (Wildman–Crippen MR) is 270 cm³/mol. The van der Waals surface area contributed by atoms with E-state index < -0.39 is 6.10 Å². The molecule has 0 aliphatic heterocycles. The van der Waals surface area contributed by atoms with E-state index >= 15 is 0 Å². The molecule has 0 aliphatic rings. The van der Waals surface area contributed by atoms with Gasteiger partial charge in [-0.25, -0.2) is 0 Å². The average Bonchev–Trinajstić information content (AvgIpc) is 3.28. The molecule has 1 atom stereocenters. The Morgan fingerprint density at radius 2 is 0.571 bits per heavy atom. The quantitative estimate of drug-likeness (QED) is 0.0262. The minimum absolute atomic E-state index is 0.0741. The molecule has 6 heteroatoms. The van der Waals surface area contributed by atoms with Crippen molar-refractivity contribution >= 4 is 17.9 Å². The van der Waals surface area contributed by atoms with Gasteiger partial charge < -0.3 is 14.2 Å². The lowest BCUT2D eigenvalue weighted by molar-refractivity contribution is -0.167. The minimum Gasteiger partial charge on any atom is -0.462 e. The number of hydrogen-bond acceptors (Lipinski definition) is 6. The number of esters is 3. The number of carbonyl (C=O) groups is 3. The summed E-state index contributed by atoms with van der Waals surface area (Å²) in [6.07, 6.45) is 61.4. The van der Waals surface area contributed by atoms with Crippen molar-refractivity contribution in [3.63, 3.8) is 0 Å². The molecule has 0 spiro atoms. The molecular weight excluding hydrogens is 781 g/mol. The molecule has 0 saturated heterocycles. The number of hydrogen-bond donors (Lipinski definition) is 0. The highest BCUT2D eigenvalue weighted by molar-refractivity contribution is 5.71. The molecule has 0 rings (SSSR count). The molecule has 0 aliphatic carbocycles. The van der Waals surface area contributed by atoms with Crippen LogP contribution >= 0.6 is 0 Å². The zero-order valence-corrected chi connectivity index (χ0v) is 42.1. The van der Waals surface area contributed by atoms with Gasteiger partial charge in [-0.05, 0) is 77.0 Å². The fraction of sp³-hybridized carbons (Fsp3) is 0.842. The molecule has 0 aromatic carbocycles. The second kappa shape index (κ2) is 52.3. The Morgan fingerprint density at radius 3 is 0.889 bits per heavy atom. The van der Waals surface area contributed by atoms with E-state index in [4.69, 9.17) is 14.2 Å². The van der Waals surface area contributed by atoms with Crippen LogP contribution < -0.4 is 0 Å². The van der Waals surface area contributed by atoms with Crippen molar-refractivity contribution in [1.82, 2.24) is 0 Å². The summed E-state index contributed by atoms with van der Waals surface area (Å²) in [4.78, 5) is 37.9. The standard InChI is InChI=1S/C57H104O6/c1-4-7-10-13-16-19-21-23-25-26-27-28-29-30-32-33-35-38-41-44-47-50-56(59)62-53-54(52-61-55(58)49-46-43-40-37-18-15-12-9-6-3)63-57(60)51-48-45-42-39-36-34-31-24-22-20-17-14-11-8-5-2/h21,23-24,26-27,31,54H,4-20,22,25,28-30,32-53H2,1-3H3/b23-21-,27-26-,31-24-. The topological polar surface area (TPSA) is 78.9 Å². The van der Waals surface area contributed by atoms with E-state index in [-0.39, 0.29) is 31.1 Å². The lowest BCUT2D eigenvalue weighted by Crippen LogP contribution is -2.30. The number of ether oxygens (including phenoxy) is 3. The largest absolute Gasteiger partial charge is 0.462 e. The summed E-state index contributed by atoms with van der Waals surface area (Å²) in [5.41, 5.74) is 0. The molecule has 368 valence electrons. The Balaban J connectivity index is 4.26. The summed E-state index contributed by atoms with van der Waals surface area (Å²) >= 11 is 0. The number of rotatable bonds is 50. The highest BCUT2D eigenvalue weighted by atomic mass is 16.6. The third kappa shape index (κ3) is 50.5. The first-order valence-corrected chi connectivity index (χ1v) is 27.5. The number of allylic oxidation sites excluding steroid dienone is 6. The molecule has 0 heterocycles. The van der Waals surface area contributed by atoms with Crippen molar-refractivity contribution in [3.05, 3.63) is 36.5 Å². The molecule has 0 aromatic rings. The van der Waals surface area contributed by atoms with E-state index in [0.29, 0.717) is 19.3 Å². The van der Waals surface area contributed by atoms with Crippen LogP contribution in [-0.2, 0) is 28.6 Å². The summed E-state index contributed by atoms with van der Waals surface area (Å²) in [5.74, 6) is -0.878. The van der Waals surface area contributed by atoms with Crippen molar-refractivity contribution in [3.8, 4) is 0 Å². The maximum atomic E-state index is 12.8. The number of unbranched alkanes of at least 4 members (excludes halogenated alkanes) is 33. The molecule has 0 radical (unpaired) electrons. The summed E-state index contributed by atoms with van der Waals surface area (Å²) < 4.78 is 16.8. The van der Waals surface area contributed by atoms with Crippen LogP contribution in [0.2, 0.25) is 0 Å². The predicted octanol–water partition coefficient (Wildman–Crippen LogP) is 18.1. The van der Waals surface area contributed by atoms with E-state index in [1.807, 2.05) is 0 Å². The summed E-state index contributed by atoms with van der Waals surface area (Å²) in [7, 11) is 0. The third-order valence-corrected chi connectivity index (χ3v) is 12.1. The van der Waals surface area contributed by atoms with Gasteiger partial charge in [0.2, 0.25) is 0 Å². The van der Waals surface area contributed by atoms with Crippen LogP contribution in [0.25, 0.3) is 0 Å². The van der Waals surface area contributed by atoms with Crippen molar-refractivity contribution in [1.29, 1.82) is 0 Å². The minimum atomic E-state index is -0.774. The van der Waals surface area contributed by atoms with Crippen LogP contribution in [0.5, 0.6) is 0 Å². The fourth-order valence-electron chi connectivity index (χ4n) is 7.94. The molecule has 6 nitrogen and oxygen atoms in total. The molecule has 0 aromatic heterocycles. The normalized spacial score (nSPS) is 12.2. The van der Waals surface area contributed by atoms with Gasteiger partial charge >= 0.3 is 17.9 Å². The van der Waals surface area contributed by atoms with E-state index in [1.165, 1.54) is 180 Å². The van der Waals surface area contributed by atoms with Crippen LogP contribution in [0.1, 0.15) is 290 Å². The summed E-state index contributed by atoms with van der Waals surface area (Å²) in [6, 6.07) is 0. The fourth-order valence-corrected chi connectivity index (χ4v) is 7.94. The zero-order valence-electron chi connectivity index (χ0n) is 42.1. The van der Waals surface area contributed by atoms with Gasteiger partial charge in [0.25, 0.3) is 0 Å². The first-order chi connectivity index (χ1) is 31.0. The molecule has 0 amide bonds. The van der Waals surface area contributed by atoms with Crippen LogP contribution in [-0.4, -0.2) is 37.2 Å². The molecule has 0 fully saturated rings. The second-order valence-electron chi connectivity index (χ2n) is 18.5. The summed E-state index contributed by atoms with van der Waals surface area (Å²) in [5, 5.41) is 0.